The Morgan fingerprint density at radius 3 is 2.56 bits per heavy atom. The molecule has 3 aromatic rings. The van der Waals surface area contributed by atoms with Gasteiger partial charge in [0.2, 0.25) is 0 Å². The molecular weight excluding hydrogens is 362 g/mol. The van der Waals surface area contributed by atoms with Gasteiger partial charge in [-0.05, 0) is 86.9 Å². The summed E-state index contributed by atoms with van der Waals surface area (Å²) in [6.07, 6.45) is 4.18. The van der Waals surface area contributed by atoms with E-state index in [0.717, 1.165) is 36.8 Å². The lowest BCUT2D eigenvalue weighted by Crippen LogP contribution is -2.29. The maximum absolute atomic E-state index is 12.6. The van der Waals surface area contributed by atoms with E-state index in [1.165, 1.54) is 5.56 Å². The third-order valence-corrected chi connectivity index (χ3v) is 5.53. The highest BCUT2D eigenvalue weighted by atomic mass is 35.5. The van der Waals surface area contributed by atoms with E-state index in [0.29, 0.717) is 22.3 Å². The number of aromatic nitrogens is 1. The molecule has 0 saturated carbocycles. The number of benzene rings is 2. The number of piperidine rings is 1. The second-order valence-electron chi connectivity index (χ2n) is 7.14. The lowest BCUT2D eigenvalue weighted by atomic mass is 9.89. The normalized spacial score (nSPS) is 15.9. The summed E-state index contributed by atoms with van der Waals surface area (Å²) in [7, 11) is 2.15. The highest BCUT2D eigenvalue weighted by molar-refractivity contribution is 6.30. The molecule has 5 nitrogen and oxygen atoms in total. The quantitative estimate of drug-likeness (QED) is 0.421. The van der Waals surface area contributed by atoms with Gasteiger partial charge in [-0.3, -0.25) is 4.68 Å². The largest absolute Gasteiger partial charge is 0.423 e. The number of fused-ring (bicyclic) bond motifs is 1. The van der Waals surface area contributed by atoms with E-state index in [-0.39, 0.29) is 0 Å². The molecule has 27 heavy (non-hydrogen) atoms. The van der Waals surface area contributed by atoms with Gasteiger partial charge in [0.05, 0.1) is 11.1 Å². The predicted octanol–water partition coefficient (Wildman–Crippen LogP) is 4.04. The number of carbonyl (C=O) groups is 1. The molecule has 1 aliphatic heterocycles. The van der Waals surface area contributed by atoms with E-state index >= 15 is 0 Å². The van der Waals surface area contributed by atoms with Crippen molar-refractivity contribution in [2.45, 2.75) is 18.8 Å². The first-order valence-electron chi connectivity index (χ1n) is 9.07. The van der Waals surface area contributed by atoms with E-state index in [1.54, 1.807) is 35.0 Å². The van der Waals surface area contributed by atoms with Gasteiger partial charge in [-0.2, -0.15) is 0 Å². The van der Waals surface area contributed by atoms with Crippen molar-refractivity contribution in [3.8, 4) is 5.75 Å². The van der Waals surface area contributed by atoms with Crippen LogP contribution in [-0.2, 0) is 0 Å². The van der Waals surface area contributed by atoms with Gasteiger partial charge in [0.15, 0.2) is 0 Å². The van der Waals surface area contributed by atoms with Crippen molar-refractivity contribution in [3.63, 3.8) is 0 Å². The van der Waals surface area contributed by atoms with Crippen LogP contribution in [0.4, 0.5) is 0 Å². The minimum absolute atomic E-state index is 0.390. The average molecular weight is 384 g/mol. The SMILES string of the molecule is CN1CCC(c2cn(N)c3ccc(C(=O)Oc4ccc(Cl)cc4)cc23)CC1. The van der Waals surface area contributed by atoms with Crippen molar-refractivity contribution in [1.29, 1.82) is 0 Å². The molecule has 2 heterocycles. The fourth-order valence-corrected chi connectivity index (χ4v) is 3.85. The second-order valence-corrected chi connectivity index (χ2v) is 7.58. The maximum Gasteiger partial charge on any atom is 0.343 e. The van der Waals surface area contributed by atoms with Crippen LogP contribution >= 0.6 is 11.6 Å². The van der Waals surface area contributed by atoms with Crippen molar-refractivity contribution in [3.05, 3.63) is 64.8 Å². The molecule has 6 heteroatoms. The summed E-state index contributed by atoms with van der Waals surface area (Å²) in [5, 5.41) is 1.63. The van der Waals surface area contributed by atoms with Crippen LogP contribution in [0.2, 0.25) is 5.02 Å². The number of hydrogen-bond acceptors (Lipinski definition) is 4. The molecule has 0 bridgehead atoms. The molecule has 2 aromatic carbocycles. The highest BCUT2D eigenvalue weighted by Crippen LogP contribution is 2.34. The number of nitrogens with two attached hydrogens (primary N) is 1. The third-order valence-electron chi connectivity index (χ3n) is 5.28. The molecule has 0 unspecified atom stereocenters. The molecule has 2 N–H and O–H groups in total. The summed E-state index contributed by atoms with van der Waals surface area (Å²) in [6, 6.07) is 12.3. The van der Waals surface area contributed by atoms with E-state index < -0.39 is 5.97 Å². The van der Waals surface area contributed by atoms with Crippen molar-refractivity contribution >= 4 is 28.5 Å². The van der Waals surface area contributed by atoms with E-state index in [1.807, 2.05) is 18.3 Å². The Hall–Kier alpha value is -2.50. The minimum Gasteiger partial charge on any atom is -0.423 e. The smallest absolute Gasteiger partial charge is 0.343 e. The summed E-state index contributed by atoms with van der Waals surface area (Å²) in [6.45, 7) is 2.14. The fourth-order valence-electron chi connectivity index (χ4n) is 3.72. The zero-order valence-electron chi connectivity index (χ0n) is 15.2. The van der Waals surface area contributed by atoms with Crippen LogP contribution in [0, 0.1) is 0 Å². The van der Waals surface area contributed by atoms with Crippen LogP contribution in [0.15, 0.2) is 48.7 Å². The maximum atomic E-state index is 12.6. The zero-order chi connectivity index (χ0) is 19.0. The topological polar surface area (TPSA) is 60.5 Å². The fraction of sp³-hybridized carbons (Fsp3) is 0.286. The Morgan fingerprint density at radius 2 is 1.85 bits per heavy atom. The van der Waals surface area contributed by atoms with Crippen LogP contribution in [0.1, 0.15) is 34.7 Å². The Kier molecular flexibility index (Phi) is 4.81. The Bertz CT molecular complexity index is 973. The number of carbonyl (C=O) groups excluding carboxylic acids is 1. The minimum atomic E-state index is -0.390. The molecule has 4 rings (SSSR count). The van der Waals surface area contributed by atoms with E-state index in [4.69, 9.17) is 22.2 Å². The summed E-state index contributed by atoms with van der Waals surface area (Å²) in [5.41, 5.74) is 2.64. The molecule has 1 aromatic heterocycles. The molecular formula is C21H22ClN3O2. The summed E-state index contributed by atoms with van der Waals surface area (Å²) >= 11 is 5.88. The van der Waals surface area contributed by atoms with Gasteiger partial charge in [-0.15, -0.1) is 0 Å². The number of nitrogens with zero attached hydrogens (tertiary/aromatic N) is 2. The van der Waals surface area contributed by atoms with Crippen molar-refractivity contribution in [2.75, 3.05) is 26.0 Å². The number of hydrogen-bond donors (Lipinski definition) is 1. The molecule has 1 saturated heterocycles. The summed E-state index contributed by atoms with van der Waals surface area (Å²) in [4.78, 5) is 14.9. The predicted molar refractivity (Wildman–Crippen MR) is 108 cm³/mol. The number of halogens is 1. The first kappa shape index (κ1) is 17.9. The first-order chi connectivity index (χ1) is 13.0. The molecule has 0 atom stereocenters. The first-order valence-corrected chi connectivity index (χ1v) is 9.45. The molecule has 1 aliphatic rings. The van der Waals surface area contributed by atoms with Crippen molar-refractivity contribution in [2.24, 2.45) is 0 Å². The van der Waals surface area contributed by atoms with Gasteiger partial charge in [0.1, 0.15) is 5.75 Å². The Balaban J connectivity index is 1.63. The lowest BCUT2D eigenvalue weighted by Gasteiger charge is -2.28. The van der Waals surface area contributed by atoms with Gasteiger partial charge in [-0.25, -0.2) is 4.79 Å². The second kappa shape index (κ2) is 7.25. The van der Waals surface area contributed by atoms with Gasteiger partial charge in [0.25, 0.3) is 0 Å². The number of ether oxygens (including phenoxy) is 1. The standard InChI is InChI=1S/C21H22ClN3O2/c1-24-10-8-14(9-11-24)19-13-25(23)20-7-2-15(12-18(19)20)21(26)27-17-5-3-16(22)4-6-17/h2-7,12-14H,8-11,23H2,1H3. The molecule has 140 valence electrons. The Labute approximate surface area is 163 Å². The van der Waals surface area contributed by atoms with E-state index in [9.17, 15) is 4.79 Å². The molecule has 0 amide bonds. The molecule has 0 spiro atoms. The van der Waals surface area contributed by atoms with Gasteiger partial charge in [0, 0.05) is 16.6 Å². The summed E-state index contributed by atoms with van der Waals surface area (Å²) in [5.74, 6) is 6.69. The van der Waals surface area contributed by atoms with Crippen LogP contribution < -0.4 is 10.6 Å². The van der Waals surface area contributed by atoms with Gasteiger partial charge in [-0.1, -0.05) is 11.6 Å². The number of rotatable bonds is 3. The molecule has 0 aliphatic carbocycles. The van der Waals surface area contributed by atoms with Crippen LogP contribution in [0.25, 0.3) is 10.9 Å². The number of likely N-dealkylation sites (tertiary alicyclic amines) is 1. The Morgan fingerprint density at radius 1 is 1.15 bits per heavy atom. The van der Waals surface area contributed by atoms with Gasteiger partial charge < -0.3 is 15.5 Å². The molecule has 0 radical (unpaired) electrons. The molecule has 1 fully saturated rings. The average Bonchev–Trinajstić information content (AvgIpc) is 3.00. The van der Waals surface area contributed by atoms with Crippen molar-refractivity contribution < 1.29 is 9.53 Å². The number of esters is 1. The highest BCUT2D eigenvalue weighted by Gasteiger charge is 2.23. The summed E-state index contributed by atoms with van der Waals surface area (Å²) < 4.78 is 7.12. The zero-order valence-corrected chi connectivity index (χ0v) is 15.9. The lowest BCUT2D eigenvalue weighted by molar-refractivity contribution is 0.0735. The van der Waals surface area contributed by atoms with Gasteiger partial charge >= 0.3 is 5.97 Å². The third kappa shape index (κ3) is 3.66. The number of nitrogen functional groups attached to an aromatic ring is 1. The van der Waals surface area contributed by atoms with Crippen molar-refractivity contribution in [1.82, 2.24) is 9.58 Å². The van der Waals surface area contributed by atoms with Crippen LogP contribution in [-0.4, -0.2) is 35.7 Å². The van der Waals surface area contributed by atoms with Crippen LogP contribution in [0.5, 0.6) is 5.75 Å². The monoisotopic (exact) mass is 383 g/mol. The van der Waals surface area contributed by atoms with Crippen LogP contribution in [0.3, 0.4) is 0 Å². The van der Waals surface area contributed by atoms with E-state index in [2.05, 4.69) is 11.9 Å².